The molecule has 0 bridgehead atoms. The number of aliphatic hydroxyl groups is 1. The predicted molar refractivity (Wildman–Crippen MR) is 114 cm³/mol. The highest BCUT2D eigenvalue weighted by Gasteiger charge is 2.07. The van der Waals surface area contributed by atoms with Crippen molar-refractivity contribution in [3.63, 3.8) is 0 Å². The minimum Gasteiger partial charge on any atom is -0.493 e. The highest BCUT2D eigenvalue weighted by molar-refractivity contribution is 5.42. The van der Waals surface area contributed by atoms with Gasteiger partial charge >= 0.3 is 0 Å². The molecule has 0 aromatic heterocycles. The van der Waals surface area contributed by atoms with Gasteiger partial charge in [0.1, 0.15) is 18.5 Å². The van der Waals surface area contributed by atoms with Crippen LogP contribution in [0, 0.1) is 0 Å². The summed E-state index contributed by atoms with van der Waals surface area (Å²) in [7, 11) is 3.25. The van der Waals surface area contributed by atoms with E-state index in [-0.39, 0.29) is 6.61 Å². The van der Waals surface area contributed by atoms with Crippen LogP contribution in [-0.4, -0.2) is 51.7 Å². The summed E-state index contributed by atoms with van der Waals surface area (Å²) in [6, 6.07) is 13.5. The van der Waals surface area contributed by atoms with Crippen molar-refractivity contribution >= 4 is 0 Å². The monoisotopic (exact) mass is 401 g/mol. The Bertz CT molecular complexity index is 733. The standard InChI is InChI=1S/C23H31NO5/c1-4-13-28-16-19-5-8-21(9-6-19)29-17-20(25)15-24-12-11-18-7-10-22(26-2)23(14-18)27-3/h4-10,14,20,24-25H,1,11-13,15-17H2,2-3H3. The number of rotatable bonds is 14. The minimum absolute atomic E-state index is 0.232. The number of nitrogens with one attached hydrogen (secondary N) is 1. The smallest absolute Gasteiger partial charge is 0.160 e. The molecule has 1 unspecified atom stereocenters. The van der Waals surface area contributed by atoms with E-state index < -0.39 is 6.10 Å². The highest BCUT2D eigenvalue weighted by atomic mass is 16.5. The molecule has 6 nitrogen and oxygen atoms in total. The zero-order valence-electron chi connectivity index (χ0n) is 17.2. The molecule has 0 amide bonds. The van der Waals surface area contributed by atoms with Crippen LogP contribution in [0.25, 0.3) is 0 Å². The van der Waals surface area contributed by atoms with Crippen LogP contribution >= 0.6 is 0 Å². The van der Waals surface area contributed by atoms with Crippen molar-refractivity contribution in [1.29, 1.82) is 0 Å². The van der Waals surface area contributed by atoms with E-state index >= 15 is 0 Å². The van der Waals surface area contributed by atoms with E-state index in [2.05, 4.69) is 11.9 Å². The summed E-state index contributed by atoms with van der Waals surface area (Å²) in [6.45, 7) is 6.12. The first-order valence-electron chi connectivity index (χ1n) is 9.66. The lowest BCUT2D eigenvalue weighted by molar-refractivity contribution is 0.106. The van der Waals surface area contributed by atoms with Crippen LogP contribution in [0.4, 0.5) is 0 Å². The number of methoxy groups -OCH3 is 2. The molecule has 0 aliphatic carbocycles. The average molecular weight is 402 g/mol. The van der Waals surface area contributed by atoms with Gasteiger partial charge in [0.2, 0.25) is 0 Å². The topological polar surface area (TPSA) is 69.2 Å². The lowest BCUT2D eigenvalue weighted by Gasteiger charge is -2.14. The zero-order chi connectivity index (χ0) is 20.9. The molecule has 2 aromatic carbocycles. The summed E-state index contributed by atoms with van der Waals surface area (Å²) in [5.41, 5.74) is 2.20. The molecule has 158 valence electrons. The first-order valence-corrected chi connectivity index (χ1v) is 9.66. The van der Waals surface area contributed by atoms with E-state index in [0.717, 1.165) is 35.6 Å². The molecule has 0 spiro atoms. The van der Waals surface area contributed by atoms with Gasteiger partial charge in [-0.1, -0.05) is 24.3 Å². The summed E-state index contributed by atoms with van der Waals surface area (Å²) in [6.07, 6.45) is 1.96. The number of hydrogen-bond acceptors (Lipinski definition) is 6. The molecule has 2 aromatic rings. The maximum Gasteiger partial charge on any atom is 0.160 e. The van der Waals surface area contributed by atoms with Crippen molar-refractivity contribution in [3.05, 3.63) is 66.2 Å². The third kappa shape index (κ3) is 8.15. The molecule has 2 rings (SSSR count). The predicted octanol–water partition coefficient (Wildman–Crippen LogP) is 2.98. The Kier molecular flexibility index (Phi) is 10.1. The van der Waals surface area contributed by atoms with Gasteiger partial charge in [-0.15, -0.1) is 6.58 Å². The molecule has 0 fully saturated rings. The Morgan fingerprint density at radius 1 is 1.03 bits per heavy atom. The summed E-state index contributed by atoms with van der Waals surface area (Å²) in [4.78, 5) is 0. The van der Waals surface area contributed by atoms with Gasteiger partial charge < -0.3 is 29.4 Å². The second-order valence-electron chi connectivity index (χ2n) is 6.56. The van der Waals surface area contributed by atoms with Crippen molar-refractivity contribution in [2.45, 2.75) is 19.1 Å². The van der Waals surface area contributed by atoms with Crippen LogP contribution in [0.3, 0.4) is 0 Å². The van der Waals surface area contributed by atoms with Gasteiger partial charge in [-0.2, -0.15) is 0 Å². The molecular formula is C23H31NO5. The highest BCUT2D eigenvalue weighted by Crippen LogP contribution is 2.27. The van der Waals surface area contributed by atoms with E-state index in [1.165, 1.54) is 0 Å². The molecule has 0 aliphatic heterocycles. The fourth-order valence-corrected chi connectivity index (χ4v) is 2.73. The molecule has 0 heterocycles. The maximum atomic E-state index is 10.1. The van der Waals surface area contributed by atoms with Gasteiger partial charge in [0.25, 0.3) is 0 Å². The molecule has 6 heteroatoms. The van der Waals surface area contributed by atoms with Crippen LogP contribution in [-0.2, 0) is 17.8 Å². The molecule has 0 radical (unpaired) electrons. The van der Waals surface area contributed by atoms with Crippen molar-refractivity contribution in [2.75, 3.05) is 40.5 Å². The average Bonchev–Trinajstić information content (AvgIpc) is 2.76. The maximum absolute atomic E-state index is 10.1. The van der Waals surface area contributed by atoms with Gasteiger partial charge in [-0.25, -0.2) is 0 Å². The molecule has 1 atom stereocenters. The third-order valence-electron chi connectivity index (χ3n) is 4.29. The molecule has 0 saturated carbocycles. The lowest BCUT2D eigenvalue weighted by atomic mass is 10.1. The molecule has 2 N–H and O–H groups in total. The number of benzene rings is 2. The van der Waals surface area contributed by atoms with Crippen LogP contribution < -0.4 is 19.5 Å². The van der Waals surface area contributed by atoms with E-state index in [0.29, 0.717) is 25.5 Å². The van der Waals surface area contributed by atoms with Crippen LogP contribution in [0.5, 0.6) is 17.2 Å². The Hall–Kier alpha value is -2.54. The van der Waals surface area contributed by atoms with Crippen LogP contribution in [0.1, 0.15) is 11.1 Å². The van der Waals surface area contributed by atoms with Gasteiger partial charge in [0.15, 0.2) is 11.5 Å². The van der Waals surface area contributed by atoms with Gasteiger partial charge in [-0.05, 0) is 48.4 Å². The molecule has 29 heavy (non-hydrogen) atoms. The van der Waals surface area contributed by atoms with Gasteiger partial charge in [-0.3, -0.25) is 0 Å². The van der Waals surface area contributed by atoms with Crippen LogP contribution in [0.2, 0.25) is 0 Å². The van der Waals surface area contributed by atoms with Crippen molar-refractivity contribution in [2.24, 2.45) is 0 Å². The van der Waals surface area contributed by atoms with Crippen molar-refractivity contribution < 1.29 is 24.1 Å². The van der Waals surface area contributed by atoms with E-state index in [1.54, 1.807) is 20.3 Å². The summed E-state index contributed by atoms with van der Waals surface area (Å²) in [5.74, 6) is 2.16. The Morgan fingerprint density at radius 2 is 1.76 bits per heavy atom. The fraction of sp³-hybridized carbons (Fsp3) is 0.391. The zero-order valence-corrected chi connectivity index (χ0v) is 17.2. The first kappa shape index (κ1) is 22.7. The minimum atomic E-state index is -0.587. The fourth-order valence-electron chi connectivity index (χ4n) is 2.73. The lowest BCUT2D eigenvalue weighted by Crippen LogP contribution is -2.32. The van der Waals surface area contributed by atoms with Gasteiger partial charge in [0.05, 0.1) is 27.4 Å². The quantitative estimate of drug-likeness (QED) is 0.375. The summed E-state index contributed by atoms with van der Waals surface area (Å²) >= 11 is 0. The second kappa shape index (κ2) is 12.8. The Labute approximate surface area is 173 Å². The molecule has 0 aliphatic rings. The largest absolute Gasteiger partial charge is 0.493 e. The SMILES string of the molecule is C=CCOCc1ccc(OCC(O)CNCCc2ccc(OC)c(OC)c2)cc1. The summed E-state index contributed by atoms with van der Waals surface area (Å²) < 4.78 is 21.6. The Balaban J connectivity index is 1.64. The number of aliphatic hydroxyl groups excluding tert-OH is 1. The first-order chi connectivity index (χ1) is 14.2. The molecule has 0 saturated heterocycles. The van der Waals surface area contributed by atoms with Crippen LogP contribution in [0.15, 0.2) is 55.1 Å². The van der Waals surface area contributed by atoms with Crippen molar-refractivity contribution in [1.82, 2.24) is 5.32 Å². The van der Waals surface area contributed by atoms with Crippen molar-refractivity contribution in [3.8, 4) is 17.2 Å². The summed E-state index contributed by atoms with van der Waals surface area (Å²) in [5, 5.41) is 13.3. The third-order valence-corrected chi connectivity index (χ3v) is 4.29. The Morgan fingerprint density at radius 3 is 2.45 bits per heavy atom. The van der Waals surface area contributed by atoms with Gasteiger partial charge in [0, 0.05) is 6.54 Å². The number of ether oxygens (including phenoxy) is 4. The second-order valence-corrected chi connectivity index (χ2v) is 6.56. The molecular weight excluding hydrogens is 370 g/mol. The number of hydrogen-bond donors (Lipinski definition) is 2. The normalized spacial score (nSPS) is 11.7. The van der Waals surface area contributed by atoms with E-state index in [9.17, 15) is 5.11 Å². The van der Waals surface area contributed by atoms with E-state index in [4.69, 9.17) is 18.9 Å². The van der Waals surface area contributed by atoms with E-state index in [1.807, 2.05) is 42.5 Å².